The average molecular weight is 527 g/mol. The molecule has 3 aromatic carbocycles. The first-order chi connectivity index (χ1) is 18.9. The summed E-state index contributed by atoms with van der Waals surface area (Å²) in [6.07, 6.45) is 3.94. The maximum Gasteiger partial charge on any atom is 0.252 e. The van der Waals surface area contributed by atoms with E-state index in [0.717, 1.165) is 33.4 Å². The summed E-state index contributed by atoms with van der Waals surface area (Å²) in [7, 11) is 6.33. The number of nitrogens with one attached hydrogen (secondary N) is 1. The topological polar surface area (TPSA) is 78.9 Å². The van der Waals surface area contributed by atoms with E-state index in [4.69, 9.17) is 18.9 Å². The van der Waals surface area contributed by atoms with Crippen molar-refractivity contribution in [2.75, 3.05) is 28.4 Å². The van der Waals surface area contributed by atoms with Gasteiger partial charge in [0.15, 0.2) is 11.5 Å². The molecule has 1 N–H and O–H groups in total. The van der Waals surface area contributed by atoms with Crippen molar-refractivity contribution in [1.29, 1.82) is 0 Å². The Bertz CT molecular complexity index is 1440. The first-order valence-corrected chi connectivity index (χ1v) is 12.7. The fourth-order valence-electron chi connectivity index (χ4n) is 4.94. The third-order valence-electron chi connectivity index (χ3n) is 6.86. The summed E-state index contributed by atoms with van der Waals surface area (Å²) in [6.45, 7) is 3.94. The van der Waals surface area contributed by atoms with Gasteiger partial charge < -0.3 is 24.3 Å². The Hall–Kier alpha value is -4.52. The maximum absolute atomic E-state index is 13.7. The number of carbonyl (C=O) groups is 1. The van der Waals surface area contributed by atoms with Gasteiger partial charge in [0.25, 0.3) is 5.91 Å². The number of ether oxygens (including phenoxy) is 4. The van der Waals surface area contributed by atoms with Gasteiger partial charge in [0.1, 0.15) is 0 Å². The average Bonchev–Trinajstić information content (AvgIpc) is 2.98. The molecule has 0 aliphatic carbocycles. The van der Waals surface area contributed by atoms with Crippen LogP contribution in [0.2, 0.25) is 0 Å². The summed E-state index contributed by atoms with van der Waals surface area (Å²) in [5, 5.41) is 3.16. The largest absolute Gasteiger partial charge is 0.492 e. The predicted molar refractivity (Wildman–Crippen MR) is 152 cm³/mol. The van der Waals surface area contributed by atoms with Crippen molar-refractivity contribution >= 4 is 5.91 Å². The Morgan fingerprint density at radius 1 is 0.821 bits per heavy atom. The number of carbonyl (C=O) groups excluding carboxylic acids is 1. The van der Waals surface area contributed by atoms with Crippen LogP contribution in [-0.2, 0) is 6.42 Å². The molecule has 39 heavy (non-hydrogen) atoms. The van der Waals surface area contributed by atoms with Gasteiger partial charge in [0.05, 0.1) is 34.5 Å². The van der Waals surface area contributed by atoms with Gasteiger partial charge >= 0.3 is 0 Å². The summed E-state index contributed by atoms with van der Waals surface area (Å²) in [6, 6.07) is 19.3. The molecule has 1 heterocycles. The van der Waals surface area contributed by atoms with Crippen molar-refractivity contribution in [3.8, 4) is 34.1 Å². The van der Waals surface area contributed by atoms with E-state index in [1.807, 2.05) is 74.5 Å². The van der Waals surface area contributed by atoms with Crippen LogP contribution in [0, 0.1) is 6.92 Å². The van der Waals surface area contributed by atoms with E-state index >= 15 is 0 Å². The van der Waals surface area contributed by atoms with Gasteiger partial charge in [-0.25, -0.2) is 0 Å². The molecular weight excluding hydrogens is 492 g/mol. The van der Waals surface area contributed by atoms with Gasteiger partial charge in [-0.1, -0.05) is 48.5 Å². The highest BCUT2D eigenvalue weighted by Crippen LogP contribution is 2.50. The van der Waals surface area contributed by atoms with Gasteiger partial charge in [0.2, 0.25) is 11.5 Å². The number of rotatable bonds is 10. The highest BCUT2D eigenvalue weighted by molar-refractivity contribution is 6.02. The molecule has 4 aromatic rings. The molecule has 0 spiro atoms. The lowest BCUT2D eigenvalue weighted by molar-refractivity contribution is 0.0940. The van der Waals surface area contributed by atoms with E-state index in [2.05, 4.69) is 10.3 Å². The molecule has 0 radical (unpaired) electrons. The smallest absolute Gasteiger partial charge is 0.252 e. The minimum absolute atomic E-state index is 0.165. The van der Waals surface area contributed by atoms with Crippen molar-refractivity contribution in [3.63, 3.8) is 0 Å². The zero-order valence-electron chi connectivity index (χ0n) is 23.2. The predicted octanol–water partition coefficient (Wildman–Crippen LogP) is 6.17. The quantitative estimate of drug-likeness (QED) is 0.266. The first kappa shape index (κ1) is 27.5. The summed E-state index contributed by atoms with van der Waals surface area (Å²) in [5.41, 5.74) is 5.89. The third-order valence-corrected chi connectivity index (χ3v) is 6.86. The number of amides is 1. The molecule has 0 fully saturated rings. The zero-order valence-corrected chi connectivity index (χ0v) is 23.2. The van der Waals surface area contributed by atoms with Crippen LogP contribution in [0.15, 0.2) is 73.1 Å². The first-order valence-electron chi connectivity index (χ1n) is 12.7. The fourth-order valence-corrected chi connectivity index (χ4v) is 4.94. The van der Waals surface area contributed by atoms with Crippen LogP contribution in [-0.4, -0.2) is 39.3 Å². The second-order valence-corrected chi connectivity index (χ2v) is 9.10. The molecule has 7 heteroatoms. The Kier molecular flexibility index (Phi) is 8.71. The number of benzene rings is 3. The molecule has 4 rings (SSSR count). The molecule has 1 atom stereocenters. The number of methoxy groups -OCH3 is 4. The van der Waals surface area contributed by atoms with Crippen molar-refractivity contribution < 1.29 is 23.7 Å². The van der Waals surface area contributed by atoms with Crippen molar-refractivity contribution in [1.82, 2.24) is 10.3 Å². The van der Waals surface area contributed by atoms with Gasteiger partial charge in [-0.15, -0.1) is 0 Å². The van der Waals surface area contributed by atoms with Crippen LogP contribution in [0.1, 0.15) is 45.6 Å². The van der Waals surface area contributed by atoms with E-state index in [9.17, 15) is 4.79 Å². The number of pyridine rings is 1. The van der Waals surface area contributed by atoms with Crippen molar-refractivity contribution in [2.45, 2.75) is 26.3 Å². The molecule has 0 aliphatic heterocycles. The van der Waals surface area contributed by atoms with Crippen LogP contribution in [0.5, 0.6) is 23.0 Å². The summed E-state index contributed by atoms with van der Waals surface area (Å²) < 4.78 is 22.9. The van der Waals surface area contributed by atoms with Crippen LogP contribution in [0.3, 0.4) is 0 Å². The molecule has 1 amide bonds. The van der Waals surface area contributed by atoms with Crippen molar-refractivity contribution in [3.05, 3.63) is 101 Å². The molecule has 0 aliphatic rings. The molecule has 0 bridgehead atoms. The van der Waals surface area contributed by atoms with Gasteiger partial charge in [-0.3, -0.25) is 9.78 Å². The van der Waals surface area contributed by atoms with Crippen molar-refractivity contribution in [2.24, 2.45) is 0 Å². The Balaban J connectivity index is 1.86. The highest BCUT2D eigenvalue weighted by atomic mass is 16.5. The second kappa shape index (κ2) is 12.3. The molecular formula is C32H34N2O5. The van der Waals surface area contributed by atoms with Gasteiger partial charge in [-0.2, -0.15) is 0 Å². The lowest BCUT2D eigenvalue weighted by atomic mass is 9.89. The molecule has 0 unspecified atom stereocenters. The maximum atomic E-state index is 13.7. The summed E-state index contributed by atoms with van der Waals surface area (Å²) >= 11 is 0. The number of nitrogens with zero attached hydrogens (tertiary/aromatic N) is 1. The van der Waals surface area contributed by atoms with E-state index in [1.54, 1.807) is 40.8 Å². The minimum Gasteiger partial charge on any atom is -0.492 e. The summed E-state index contributed by atoms with van der Waals surface area (Å²) in [4.78, 5) is 18.0. The van der Waals surface area contributed by atoms with E-state index < -0.39 is 0 Å². The molecule has 0 saturated heterocycles. The lowest BCUT2D eigenvalue weighted by Crippen LogP contribution is -2.27. The Labute approximate surface area is 229 Å². The van der Waals surface area contributed by atoms with Gasteiger partial charge in [0, 0.05) is 41.1 Å². The van der Waals surface area contributed by atoms with Crippen LogP contribution >= 0.6 is 0 Å². The Morgan fingerprint density at radius 3 is 2.10 bits per heavy atom. The van der Waals surface area contributed by atoms with E-state index in [-0.39, 0.29) is 11.9 Å². The molecule has 202 valence electrons. The SMILES string of the molecule is COc1c(C)c(Cc2cccc(C(=O)N[C@@H](C)c3ccccc3)c2-c2cccnc2)c(OC)c(OC)c1OC. The standard InChI is InChI=1S/C32H34N2O5/c1-20-26(29(37-4)31(39-6)30(38-5)28(20)36-3)18-23-14-10-16-25(27(23)24-15-11-17-33-19-24)32(35)34-21(2)22-12-8-7-9-13-22/h7-17,19,21H,18H2,1-6H3,(H,34,35)/t21-/m0/s1. The highest BCUT2D eigenvalue weighted by Gasteiger charge is 2.27. The lowest BCUT2D eigenvalue weighted by Gasteiger charge is -2.23. The van der Waals surface area contributed by atoms with Crippen LogP contribution in [0.25, 0.3) is 11.1 Å². The molecule has 1 aromatic heterocycles. The number of aromatic nitrogens is 1. The third kappa shape index (κ3) is 5.53. The molecule has 0 saturated carbocycles. The summed E-state index contributed by atoms with van der Waals surface area (Å²) in [5.74, 6) is 1.87. The fraction of sp³-hybridized carbons (Fsp3) is 0.250. The van der Waals surface area contributed by atoms with Crippen LogP contribution in [0.4, 0.5) is 0 Å². The van der Waals surface area contributed by atoms with Crippen LogP contribution < -0.4 is 24.3 Å². The Morgan fingerprint density at radius 2 is 1.49 bits per heavy atom. The monoisotopic (exact) mass is 526 g/mol. The number of hydrogen-bond donors (Lipinski definition) is 1. The normalized spacial score (nSPS) is 11.4. The second-order valence-electron chi connectivity index (χ2n) is 9.10. The minimum atomic E-state index is -0.166. The molecule has 7 nitrogen and oxygen atoms in total. The van der Waals surface area contributed by atoms with E-state index in [0.29, 0.717) is 35.0 Å². The van der Waals surface area contributed by atoms with Gasteiger partial charge in [-0.05, 0) is 42.7 Å². The number of hydrogen-bond acceptors (Lipinski definition) is 6. The zero-order chi connectivity index (χ0) is 27.9. The van der Waals surface area contributed by atoms with E-state index in [1.165, 1.54) is 0 Å².